The molecule has 1 atom stereocenters. The third-order valence-electron chi connectivity index (χ3n) is 2.39. The van der Waals surface area contributed by atoms with Gasteiger partial charge in [-0.05, 0) is 19.1 Å². The first-order valence-electron chi connectivity index (χ1n) is 5.08. The molecule has 1 unspecified atom stereocenters. The average Bonchev–Trinajstić information content (AvgIpc) is 2.79. The number of rotatable bonds is 3. The minimum absolute atomic E-state index is 0.00421. The molecule has 0 saturated heterocycles. The van der Waals surface area contributed by atoms with E-state index < -0.39 is 0 Å². The van der Waals surface area contributed by atoms with Gasteiger partial charge in [-0.3, -0.25) is 0 Å². The van der Waals surface area contributed by atoms with Crippen molar-refractivity contribution in [3.63, 3.8) is 0 Å². The summed E-state index contributed by atoms with van der Waals surface area (Å²) < 4.78 is 0. The minimum atomic E-state index is 0.00421. The van der Waals surface area contributed by atoms with E-state index in [4.69, 9.17) is 28.9 Å². The van der Waals surface area contributed by atoms with Crippen LogP contribution in [-0.2, 0) is 0 Å². The standard InChI is InChI=1S/C11H12Cl2N4/c1-6(11-15-2-3-16-11)17-10-5-8(13)7(12)4-9(10)14/h2-6,17H,14H2,1H3,(H,15,16). The summed E-state index contributed by atoms with van der Waals surface area (Å²) >= 11 is 11.8. The fourth-order valence-electron chi connectivity index (χ4n) is 1.50. The van der Waals surface area contributed by atoms with E-state index in [0.29, 0.717) is 15.7 Å². The number of hydrogen-bond donors (Lipinski definition) is 3. The highest BCUT2D eigenvalue weighted by Gasteiger charge is 2.11. The topological polar surface area (TPSA) is 66.7 Å². The predicted molar refractivity (Wildman–Crippen MR) is 71.5 cm³/mol. The van der Waals surface area contributed by atoms with Gasteiger partial charge in [0.05, 0.1) is 27.5 Å². The number of aromatic nitrogens is 2. The first-order chi connectivity index (χ1) is 8.08. The van der Waals surface area contributed by atoms with Crippen molar-refractivity contribution in [1.29, 1.82) is 0 Å². The third-order valence-corrected chi connectivity index (χ3v) is 3.12. The molecule has 0 fully saturated rings. The van der Waals surface area contributed by atoms with E-state index in [9.17, 15) is 0 Å². The van der Waals surface area contributed by atoms with Crippen LogP contribution in [0.25, 0.3) is 0 Å². The Morgan fingerprint density at radius 3 is 2.71 bits per heavy atom. The molecule has 1 aromatic carbocycles. The number of nitrogens with zero attached hydrogens (tertiary/aromatic N) is 1. The van der Waals surface area contributed by atoms with Crippen LogP contribution in [0.5, 0.6) is 0 Å². The first kappa shape index (κ1) is 12.1. The van der Waals surface area contributed by atoms with E-state index in [1.54, 1.807) is 24.5 Å². The molecule has 0 radical (unpaired) electrons. The number of hydrogen-bond acceptors (Lipinski definition) is 3. The van der Waals surface area contributed by atoms with Gasteiger partial charge in [-0.25, -0.2) is 4.98 Å². The molecule has 0 aliphatic carbocycles. The maximum atomic E-state index is 5.94. The molecule has 90 valence electrons. The van der Waals surface area contributed by atoms with E-state index >= 15 is 0 Å². The van der Waals surface area contributed by atoms with Crippen LogP contribution in [0.2, 0.25) is 10.0 Å². The SMILES string of the molecule is CC(Nc1cc(Cl)c(Cl)cc1N)c1ncc[nH]1. The fraction of sp³-hybridized carbons (Fsp3) is 0.182. The van der Waals surface area contributed by atoms with Crippen LogP contribution < -0.4 is 11.1 Å². The van der Waals surface area contributed by atoms with E-state index in [2.05, 4.69) is 15.3 Å². The van der Waals surface area contributed by atoms with Crippen molar-refractivity contribution in [2.45, 2.75) is 13.0 Å². The molecule has 17 heavy (non-hydrogen) atoms. The van der Waals surface area contributed by atoms with E-state index in [1.165, 1.54) is 0 Å². The van der Waals surface area contributed by atoms with Crippen LogP contribution >= 0.6 is 23.2 Å². The second-order valence-electron chi connectivity index (χ2n) is 3.69. The average molecular weight is 271 g/mol. The van der Waals surface area contributed by atoms with Gasteiger partial charge in [0.25, 0.3) is 0 Å². The Kier molecular flexibility index (Phi) is 3.45. The summed E-state index contributed by atoms with van der Waals surface area (Å²) in [5, 5.41) is 4.13. The molecule has 1 aromatic heterocycles. The zero-order valence-corrected chi connectivity index (χ0v) is 10.7. The molecule has 0 saturated carbocycles. The molecule has 2 aromatic rings. The van der Waals surface area contributed by atoms with Gasteiger partial charge in [0.1, 0.15) is 5.82 Å². The fourth-order valence-corrected chi connectivity index (χ4v) is 1.84. The van der Waals surface area contributed by atoms with Gasteiger partial charge in [0, 0.05) is 12.4 Å². The van der Waals surface area contributed by atoms with Gasteiger partial charge >= 0.3 is 0 Å². The third kappa shape index (κ3) is 2.65. The van der Waals surface area contributed by atoms with Crippen molar-refractivity contribution in [2.24, 2.45) is 0 Å². The lowest BCUT2D eigenvalue weighted by Gasteiger charge is -2.15. The molecule has 0 spiro atoms. The number of benzene rings is 1. The summed E-state index contributed by atoms with van der Waals surface area (Å²) in [5.74, 6) is 0.829. The number of nitrogens with one attached hydrogen (secondary N) is 2. The van der Waals surface area contributed by atoms with Crippen LogP contribution in [0.15, 0.2) is 24.5 Å². The molecular formula is C11H12Cl2N4. The monoisotopic (exact) mass is 270 g/mol. The molecule has 0 bridgehead atoms. The molecule has 0 aliphatic rings. The molecule has 4 nitrogen and oxygen atoms in total. The molecule has 0 aliphatic heterocycles. The molecule has 1 heterocycles. The maximum Gasteiger partial charge on any atom is 0.128 e. The van der Waals surface area contributed by atoms with Crippen LogP contribution in [0.3, 0.4) is 0 Å². The van der Waals surface area contributed by atoms with Crippen molar-refractivity contribution in [3.05, 3.63) is 40.4 Å². The lowest BCUT2D eigenvalue weighted by Crippen LogP contribution is -2.09. The Labute approximate surface area is 109 Å². The number of aromatic amines is 1. The van der Waals surface area contributed by atoms with Gasteiger partial charge < -0.3 is 16.0 Å². The van der Waals surface area contributed by atoms with Crippen molar-refractivity contribution in [1.82, 2.24) is 9.97 Å². The van der Waals surface area contributed by atoms with E-state index in [0.717, 1.165) is 11.5 Å². The Morgan fingerprint density at radius 2 is 2.06 bits per heavy atom. The van der Waals surface area contributed by atoms with Crippen LogP contribution in [0, 0.1) is 0 Å². The van der Waals surface area contributed by atoms with Gasteiger partial charge in [-0.15, -0.1) is 0 Å². The zero-order chi connectivity index (χ0) is 12.4. The minimum Gasteiger partial charge on any atom is -0.397 e. The Bertz CT molecular complexity index is 510. The summed E-state index contributed by atoms with van der Waals surface area (Å²) in [7, 11) is 0. The zero-order valence-electron chi connectivity index (χ0n) is 9.17. The summed E-state index contributed by atoms with van der Waals surface area (Å²) in [5.41, 5.74) is 7.15. The van der Waals surface area contributed by atoms with Crippen molar-refractivity contribution in [2.75, 3.05) is 11.1 Å². The normalized spacial score (nSPS) is 12.4. The summed E-state index contributed by atoms with van der Waals surface area (Å²) in [6.07, 6.45) is 3.47. The lowest BCUT2D eigenvalue weighted by molar-refractivity contribution is 0.811. The number of H-pyrrole nitrogens is 1. The van der Waals surface area contributed by atoms with Gasteiger partial charge in [0.15, 0.2) is 0 Å². The van der Waals surface area contributed by atoms with Gasteiger partial charge in [-0.1, -0.05) is 23.2 Å². The summed E-state index contributed by atoms with van der Waals surface area (Å²) in [4.78, 5) is 7.19. The predicted octanol–water partition coefficient (Wildman–Crippen LogP) is 3.47. The number of nitrogen functional groups attached to an aromatic ring is 1. The molecule has 6 heteroatoms. The number of anilines is 2. The smallest absolute Gasteiger partial charge is 0.128 e. The second kappa shape index (κ2) is 4.85. The quantitative estimate of drug-likeness (QED) is 0.749. The van der Waals surface area contributed by atoms with Gasteiger partial charge in [0.2, 0.25) is 0 Å². The molecule has 2 rings (SSSR count). The summed E-state index contributed by atoms with van der Waals surface area (Å²) in [6, 6.07) is 3.34. The highest BCUT2D eigenvalue weighted by molar-refractivity contribution is 6.42. The molecule has 4 N–H and O–H groups in total. The maximum absolute atomic E-state index is 5.94. The highest BCUT2D eigenvalue weighted by atomic mass is 35.5. The Balaban J connectivity index is 2.22. The number of halogens is 2. The van der Waals surface area contributed by atoms with Crippen molar-refractivity contribution >= 4 is 34.6 Å². The number of nitrogens with two attached hydrogens (primary N) is 1. The van der Waals surface area contributed by atoms with Crippen LogP contribution in [0.4, 0.5) is 11.4 Å². The first-order valence-corrected chi connectivity index (χ1v) is 5.84. The van der Waals surface area contributed by atoms with E-state index in [1.807, 2.05) is 6.92 Å². The lowest BCUT2D eigenvalue weighted by atomic mass is 10.2. The Hall–Kier alpha value is -1.39. The largest absolute Gasteiger partial charge is 0.397 e. The van der Waals surface area contributed by atoms with Crippen LogP contribution in [-0.4, -0.2) is 9.97 Å². The Morgan fingerprint density at radius 1 is 1.35 bits per heavy atom. The molecule has 0 amide bonds. The van der Waals surface area contributed by atoms with Crippen molar-refractivity contribution < 1.29 is 0 Å². The van der Waals surface area contributed by atoms with Gasteiger partial charge in [-0.2, -0.15) is 0 Å². The van der Waals surface area contributed by atoms with Crippen molar-refractivity contribution in [3.8, 4) is 0 Å². The summed E-state index contributed by atoms with van der Waals surface area (Å²) in [6.45, 7) is 1.97. The second-order valence-corrected chi connectivity index (χ2v) is 4.51. The van der Waals surface area contributed by atoms with E-state index in [-0.39, 0.29) is 6.04 Å². The number of imidazole rings is 1. The highest BCUT2D eigenvalue weighted by Crippen LogP contribution is 2.32. The molecular weight excluding hydrogens is 259 g/mol. The van der Waals surface area contributed by atoms with Crippen LogP contribution in [0.1, 0.15) is 18.8 Å².